The summed E-state index contributed by atoms with van der Waals surface area (Å²) in [5, 5.41) is 10.7. The quantitative estimate of drug-likeness (QED) is 0.242. The van der Waals surface area contributed by atoms with Gasteiger partial charge in [0.1, 0.15) is 34.0 Å². The van der Waals surface area contributed by atoms with Crippen LogP contribution in [0.2, 0.25) is 0 Å². The third-order valence-electron chi connectivity index (χ3n) is 6.45. The molecule has 3 aromatic carbocycles. The van der Waals surface area contributed by atoms with Gasteiger partial charge in [0.25, 0.3) is 0 Å². The average molecular weight is 524 g/mol. The third-order valence-corrected chi connectivity index (χ3v) is 7.58. The summed E-state index contributed by atoms with van der Waals surface area (Å²) in [6.45, 7) is 3.81. The largest absolute Gasteiger partial charge is 0.508 e. The first-order chi connectivity index (χ1) is 17.9. The Hall–Kier alpha value is -3.49. The predicted octanol–water partition coefficient (Wildman–Crippen LogP) is 6.89. The maximum absolute atomic E-state index is 13.6. The molecule has 1 atom stereocenters. The normalized spacial score (nSPS) is 15.8. The Labute approximate surface area is 217 Å². The number of likely N-dealkylation sites (tertiary alicyclic amines) is 1. The molecule has 0 bridgehead atoms. The number of alkyl halides is 1. The number of hydrogen-bond acceptors (Lipinski definition) is 6. The highest BCUT2D eigenvalue weighted by molar-refractivity contribution is 7.21. The molecule has 2 heterocycles. The van der Waals surface area contributed by atoms with Crippen LogP contribution in [-0.4, -0.2) is 48.2 Å². The summed E-state index contributed by atoms with van der Waals surface area (Å²) in [5.41, 5.74) is 0.927. The van der Waals surface area contributed by atoms with Gasteiger partial charge in [-0.25, -0.2) is 4.39 Å². The van der Waals surface area contributed by atoms with E-state index in [-0.39, 0.29) is 24.3 Å². The zero-order valence-electron chi connectivity index (χ0n) is 20.4. The lowest BCUT2D eigenvalue weighted by molar-refractivity contribution is 0.104. The summed E-state index contributed by atoms with van der Waals surface area (Å²) < 4.78 is 39.1. The topological polar surface area (TPSA) is 59.0 Å². The molecule has 0 saturated carbocycles. The van der Waals surface area contributed by atoms with Crippen molar-refractivity contribution in [1.29, 1.82) is 0 Å². The van der Waals surface area contributed by atoms with E-state index in [1.165, 1.54) is 29.5 Å². The summed E-state index contributed by atoms with van der Waals surface area (Å²) in [6, 6.07) is 16.2. The summed E-state index contributed by atoms with van der Waals surface area (Å²) in [7, 11) is 0. The Morgan fingerprint density at radius 1 is 1.11 bits per heavy atom. The molecule has 1 aliphatic heterocycles. The van der Waals surface area contributed by atoms with Gasteiger partial charge in [0.05, 0.1) is 6.67 Å². The highest BCUT2D eigenvalue weighted by Gasteiger charge is 2.25. The molecule has 4 aromatic rings. The number of ether oxygens (including phenoxy) is 2. The van der Waals surface area contributed by atoms with Crippen LogP contribution < -0.4 is 9.47 Å². The Balaban J connectivity index is 1.38. The van der Waals surface area contributed by atoms with Crippen molar-refractivity contribution in [2.75, 3.05) is 26.3 Å². The Morgan fingerprint density at radius 2 is 1.89 bits per heavy atom. The van der Waals surface area contributed by atoms with Gasteiger partial charge >= 0.3 is 0 Å². The number of phenols is 1. The van der Waals surface area contributed by atoms with E-state index >= 15 is 0 Å². The van der Waals surface area contributed by atoms with Crippen LogP contribution in [0.5, 0.6) is 23.0 Å². The average Bonchev–Trinajstić information content (AvgIpc) is 3.47. The maximum Gasteiger partial charge on any atom is 0.207 e. The number of carbonyl (C=O) groups excluding carboxylic acids is 1. The van der Waals surface area contributed by atoms with Crippen LogP contribution >= 0.6 is 11.3 Å². The van der Waals surface area contributed by atoms with Crippen molar-refractivity contribution in [1.82, 2.24) is 4.90 Å². The van der Waals surface area contributed by atoms with Crippen molar-refractivity contribution < 1.29 is 28.2 Å². The predicted molar refractivity (Wildman–Crippen MR) is 141 cm³/mol. The zero-order chi connectivity index (χ0) is 25.9. The number of thiophene rings is 1. The molecule has 1 fully saturated rings. The molecule has 8 heteroatoms. The highest BCUT2D eigenvalue weighted by atomic mass is 32.1. The first-order valence-electron chi connectivity index (χ1n) is 12.2. The number of benzene rings is 3. The van der Waals surface area contributed by atoms with Crippen molar-refractivity contribution in [3.63, 3.8) is 0 Å². The first-order valence-corrected chi connectivity index (χ1v) is 13.0. The maximum atomic E-state index is 13.6. The van der Waals surface area contributed by atoms with E-state index in [2.05, 4.69) is 4.90 Å². The van der Waals surface area contributed by atoms with Crippen molar-refractivity contribution >= 4 is 27.2 Å². The van der Waals surface area contributed by atoms with Gasteiger partial charge in [-0.15, -0.1) is 11.3 Å². The lowest BCUT2D eigenvalue weighted by atomic mass is 10.0. The third kappa shape index (κ3) is 5.60. The van der Waals surface area contributed by atoms with Gasteiger partial charge in [0.15, 0.2) is 5.75 Å². The van der Waals surface area contributed by atoms with Gasteiger partial charge in [-0.2, -0.15) is 0 Å². The standard InChI is InChI=1S/C29H27F2NO4S/c1-18-15-19(31)3-9-24(18)27(34)29-28(25-10-4-20(33)16-26(25)37-29)36-22-7-5-21(6-8-22)35-23-11-14-32(17-23)13-2-12-30/h3-10,15-16,23,33H,2,11-14,17H2,1H3/t23-/m1/s1. The molecule has 0 radical (unpaired) electrons. The second-order valence-electron chi connectivity index (χ2n) is 9.17. The minimum absolute atomic E-state index is 0.0584. The van der Waals surface area contributed by atoms with E-state index in [1.807, 2.05) is 12.1 Å². The number of aryl methyl sites for hydroxylation is 1. The fourth-order valence-electron chi connectivity index (χ4n) is 4.59. The minimum atomic E-state index is -0.404. The molecule has 0 amide bonds. The molecule has 1 aliphatic rings. The molecule has 5 nitrogen and oxygen atoms in total. The van der Waals surface area contributed by atoms with Crippen LogP contribution in [-0.2, 0) is 0 Å². The number of halogens is 2. The number of nitrogens with zero attached hydrogens (tertiary/aromatic N) is 1. The highest BCUT2D eigenvalue weighted by Crippen LogP contribution is 2.43. The fourth-order valence-corrected chi connectivity index (χ4v) is 5.71. The number of aromatic hydroxyl groups is 1. The van der Waals surface area contributed by atoms with Gasteiger partial charge in [0.2, 0.25) is 5.78 Å². The van der Waals surface area contributed by atoms with Crippen LogP contribution in [0.15, 0.2) is 60.7 Å². The molecular formula is C29H27F2NO4S. The minimum Gasteiger partial charge on any atom is -0.508 e. The SMILES string of the molecule is Cc1cc(F)ccc1C(=O)c1sc2cc(O)ccc2c1Oc1ccc(O[C@@H]2CCN(CCCF)C2)cc1. The second kappa shape index (κ2) is 10.9. The van der Waals surface area contributed by atoms with E-state index in [4.69, 9.17) is 9.47 Å². The number of carbonyl (C=O) groups is 1. The van der Waals surface area contributed by atoms with Crippen LogP contribution in [0.3, 0.4) is 0 Å². The number of rotatable bonds is 9. The monoisotopic (exact) mass is 523 g/mol. The molecular weight excluding hydrogens is 496 g/mol. The van der Waals surface area contributed by atoms with E-state index < -0.39 is 5.82 Å². The summed E-state index contributed by atoms with van der Waals surface area (Å²) >= 11 is 1.22. The number of fused-ring (bicyclic) bond motifs is 1. The molecule has 0 aliphatic carbocycles. The van der Waals surface area contributed by atoms with Gasteiger partial charge in [0, 0.05) is 35.3 Å². The van der Waals surface area contributed by atoms with E-state index in [1.54, 1.807) is 37.3 Å². The Bertz CT molecular complexity index is 1420. The van der Waals surface area contributed by atoms with Gasteiger partial charge in [-0.1, -0.05) is 0 Å². The lowest BCUT2D eigenvalue weighted by Gasteiger charge is -2.16. The molecule has 1 N–H and O–H groups in total. The van der Waals surface area contributed by atoms with Crippen molar-refractivity contribution in [3.05, 3.63) is 82.5 Å². The van der Waals surface area contributed by atoms with E-state index in [9.17, 15) is 18.7 Å². The first kappa shape index (κ1) is 25.2. The van der Waals surface area contributed by atoms with Crippen LogP contribution in [0.4, 0.5) is 8.78 Å². The number of phenolic OH excluding ortho intramolecular Hbond substituents is 1. The van der Waals surface area contributed by atoms with Crippen molar-refractivity contribution in [2.45, 2.75) is 25.9 Å². The number of hydrogen-bond donors (Lipinski definition) is 1. The van der Waals surface area contributed by atoms with Crippen LogP contribution in [0, 0.1) is 12.7 Å². The summed E-state index contributed by atoms with van der Waals surface area (Å²) in [5.74, 6) is 1.05. The Kier molecular flexibility index (Phi) is 7.39. The van der Waals surface area contributed by atoms with Gasteiger partial charge < -0.3 is 14.6 Å². The molecule has 0 unspecified atom stereocenters. The molecule has 0 spiro atoms. The van der Waals surface area contributed by atoms with E-state index in [0.717, 1.165) is 26.1 Å². The van der Waals surface area contributed by atoms with Crippen molar-refractivity contribution in [3.8, 4) is 23.0 Å². The van der Waals surface area contributed by atoms with Gasteiger partial charge in [-0.3, -0.25) is 14.1 Å². The second-order valence-corrected chi connectivity index (χ2v) is 10.2. The lowest BCUT2D eigenvalue weighted by Crippen LogP contribution is -2.26. The number of ketones is 1. The fraction of sp³-hybridized carbons (Fsp3) is 0.276. The molecule has 1 aromatic heterocycles. The Morgan fingerprint density at radius 3 is 2.65 bits per heavy atom. The summed E-state index contributed by atoms with van der Waals surface area (Å²) in [4.78, 5) is 16.1. The zero-order valence-corrected chi connectivity index (χ0v) is 21.2. The molecule has 37 heavy (non-hydrogen) atoms. The van der Waals surface area contributed by atoms with E-state index in [0.29, 0.717) is 49.8 Å². The summed E-state index contributed by atoms with van der Waals surface area (Å²) in [6.07, 6.45) is 1.50. The molecule has 192 valence electrons. The van der Waals surface area contributed by atoms with Crippen LogP contribution in [0.25, 0.3) is 10.1 Å². The van der Waals surface area contributed by atoms with Gasteiger partial charge in [-0.05, 0) is 86.0 Å². The van der Waals surface area contributed by atoms with Crippen molar-refractivity contribution in [2.24, 2.45) is 0 Å². The van der Waals surface area contributed by atoms with Crippen LogP contribution in [0.1, 0.15) is 33.6 Å². The molecule has 5 rings (SSSR count). The smallest absolute Gasteiger partial charge is 0.207 e. The molecule has 1 saturated heterocycles.